The van der Waals surface area contributed by atoms with Crippen molar-refractivity contribution < 1.29 is 23.8 Å². The lowest BCUT2D eigenvalue weighted by Crippen LogP contribution is -2.48. The van der Waals surface area contributed by atoms with Crippen LogP contribution in [-0.4, -0.2) is 66.1 Å². The highest BCUT2D eigenvalue weighted by Crippen LogP contribution is 2.38. The second-order valence-electron chi connectivity index (χ2n) is 10.3. The molecular weight excluding hydrogens is 506 g/mol. The molecule has 2 amide bonds. The van der Waals surface area contributed by atoms with Crippen molar-refractivity contribution in [2.45, 2.75) is 66.2 Å². The monoisotopic (exact) mass is 549 g/mol. The molecule has 0 N–H and O–H groups in total. The van der Waals surface area contributed by atoms with Gasteiger partial charge in [-0.2, -0.15) is 0 Å². The number of amides is 2. The quantitative estimate of drug-likeness (QED) is 0.280. The highest BCUT2D eigenvalue weighted by atomic mass is 16.5. The molecule has 1 heterocycles. The highest BCUT2D eigenvalue weighted by molar-refractivity contribution is 5.98. The summed E-state index contributed by atoms with van der Waals surface area (Å²) < 4.78 is 18.5. The molecule has 40 heavy (non-hydrogen) atoms. The third-order valence-electron chi connectivity index (χ3n) is 7.40. The summed E-state index contributed by atoms with van der Waals surface area (Å²) in [6.07, 6.45) is 2.85. The minimum Gasteiger partial charge on any atom is -0.493 e. The van der Waals surface area contributed by atoms with E-state index in [1.54, 1.807) is 17.0 Å². The van der Waals surface area contributed by atoms with E-state index in [9.17, 15) is 9.59 Å². The van der Waals surface area contributed by atoms with E-state index in [1.807, 2.05) is 43.9 Å². The van der Waals surface area contributed by atoms with Crippen molar-refractivity contribution in [3.8, 4) is 17.2 Å². The first-order valence-electron chi connectivity index (χ1n) is 13.7. The van der Waals surface area contributed by atoms with Gasteiger partial charge in [0.25, 0.3) is 5.91 Å². The number of hydrogen-bond donors (Lipinski definition) is 0. The van der Waals surface area contributed by atoms with E-state index in [4.69, 9.17) is 14.2 Å². The normalized spacial score (nSPS) is 11.7. The van der Waals surface area contributed by atoms with Crippen LogP contribution < -0.4 is 14.2 Å². The van der Waals surface area contributed by atoms with E-state index in [2.05, 4.69) is 42.8 Å². The van der Waals surface area contributed by atoms with Crippen molar-refractivity contribution in [3.63, 3.8) is 0 Å². The smallest absolute Gasteiger partial charge is 0.254 e. The molecule has 1 atom stereocenters. The van der Waals surface area contributed by atoms with E-state index in [0.717, 1.165) is 18.7 Å². The fourth-order valence-electron chi connectivity index (χ4n) is 4.70. The van der Waals surface area contributed by atoms with Crippen LogP contribution in [0.1, 0.15) is 61.3 Å². The van der Waals surface area contributed by atoms with Crippen molar-refractivity contribution in [2.24, 2.45) is 0 Å². The molecule has 0 saturated carbocycles. The van der Waals surface area contributed by atoms with Gasteiger partial charge in [-0.15, -0.1) is 0 Å². The van der Waals surface area contributed by atoms with E-state index >= 15 is 0 Å². The molecule has 0 aliphatic carbocycles. The van der Waals surface area contributed by atoms with Crippen LogP contribution in [0.2, 0.25) is 0 Å². The largest absolute Gasteiger partial charge is 0.493 e. The average molecular weight is 550 g/mol. The Kier molecular flexibility index (Phi) is 10.6. The van der Waals surface area contributed by atoms with Crippen molar-refractivity contribution in [1.82, 2.24) is 14.4 Å². The Morgan fingerprint density at radius 1 is 0.900 bits per heavy atom. The van der Waals surface area contributed by atoms with Crippen LogP contribution in [-0.2, 0) is 17.9 Å². The minimum atomic E-state index is -0.283. The fraction of sp³-hybridized carbons (Fsp3) is 0.438. The molecule has 0 aliphatic heterocycles. The molecule has 0 spiro atoms. The summed E-state index contributed by atoms with van der Waals surface area (Å²) in [6, 6.07) is 15.4. The predicted octanol–water partition coefficient (Wildman–Crippen LogP) is 5.55. The van der Waals surface area contributed by atoms with Gasteiger partial charge in [-0.05, 0) is 69.5 Å². The molecule has 8 heteroatoms. The summed E-state index contributed by atoms with van der Waals surface area (Å²) in [5, 5.41) is 0. The third-order valence-corrected chi connectivity index (χ3v) is 7.40. The second kappa shape index (κ2) is 13.9. The van der Waals surface area contributed by atoms with Crippen LogP contribution in [0.15, 0.2) is 54.7 Å². The van der Waals surface area contributed by atoms with Gasteiger partial charge in [0.05, 0.1) is 27.9 Å². The Bertz CT molecular complexity index is 1270. The summed E-state index contributed by atoms with van der Waals surface area (Å²) in [6.45, 7) is 11.2. The summed E-state index contributed by atoms with van der Waals surface area (Å²) in [7, 11) is 4.53. The van der Waals surface area contributed by atoms with Gasteiger partial charge in [0, 0.05) is 36.1 Å². The van der Waals surface area contributed by atoms with E-state index in [1.165, 1.54) is 32.5 Å². The van der Waals surface area contributed by atoms with Gasteiger partial charge in [-0.25, -0.2) is 0 Å². The van der Waals surface area contributed by atoms with Crippen LogP contribution in [0.5, 0.6) is 17.2 Å². The lowest BCUT2D eigenvalue weighted by molar-refractivity contribution is -0.135. The summed E-state index contributed by atoms with van der Waals surface area (Å²) >= 11 is 0. The molecule has 0 bridgehead atoms. The number of benzene rings is 2. The van der Waals surface area contributed by atoms with Gasteiger partial charge >= 0.3 is 0 Å². The van der Waals surface area contributed by atoms with Crippen molar-refractivity contribution in [3.05, 3.63) is 77.1 Å². The number of rotatable bonds is 13. The SMILES string of the molecule is CCC(C)N(Cc1cccn1Cc1ccccc1C)C(=O)CN(C(=O)c1cc(OC)c(OC)c(OC)c1)C(C)C. The van der Waals surface area contributed by atoms with Crippen molar-refractivity contribution in [1.29, 1.82) is 0 Å². The van der Waals surface area contributed by atoms with E-state index < -0.39 is 0 Å². The number of aromatic nitrogens is 1. The van der Waals surface area contributed by atoms with Crippen LogP contribution in [0, 0.1) is 6.92 Å². The lowest BCUT2D eigenvalue weighted by atomic mass is 10.1. The number of carbonyl (C=O) groups is 2. The van der Waals surface area contributed by atoms with Crippen LogP contribution in [0.4, 0.5) is 0 Å². The predicted molar refractivity (Wildman–Crippen MR) is 157 cm³/mol. The molecular formula is C32H43N3O5. The molecule has 1 aromatic heterocycles. The maximum Gasteiger partial charge on any atom is 0.254 e. The molecule has 0 fully saturated rings. The molecule has 0 aliphatic rings. The first-order valence-corrected chi connectivity index (χ1v) is 13.7. The van der Waals surface area contributed by atoms with Gasteiger partial charge in [0.1, 0.15) is 6.54 Å². The molecule has 0 radical (unpaired) electrons. The Hall–Kier alpha value is -3.94. The van der Waals surface area contributed by atoms with Crippen molar-refractivity contribution >= 4 is 11.8 Å². The summed E-state index contributed by atoms with van der Waals surface area (Å²) in [5.74, 6) is 0.791. The van der Waals surface area contributed by atoms with E-state index in [-0.39, 0.29) is 30.4 Å². The number of nitrogens with zero attached hydrogens (tertiary/aromatic N) is 3. The number of aryl methyl sites for hydroxylation is 1. The first-order chi connectivity index (χ1) is 19.1. The zero-order valence-electron chi connectivity index (χ0n) is 25.1. The number of methoxy groups -OCH3 is 3. The maximum absolute atomic E-state index is 13.8. The van der Waals surface area contributed by atoms with Gasteiger partial charge in [0.15, 0.2) is 11.5 Å². The van der Waals surface area contributed by atoms with Crippen molar-refractivity contribution in [2.75, 3.05) is 27.9 Å². The van der Waals surface area contributed by atoms with E-state index in [0.29, 0.717) is 29.4 Å². The van der Waals surface area contributed by atoms with Gasteiger partial charge < -0.3 is 28.6 Å². The molecule has 216 valence electrons. The fourth-order valence-corrected chi connectivity index (χ4v) is 4.70. The number of hydrogen-bond acceptors (Lipinski definition) is 5. The minimum absolute atomic E-state index is 0.000370. The Labute approximate surface area is 238 Å². The van der Waals surface area contributed by atoms with Gasteiger partial charge in [-0.1, -0.05) is 31.2 Å². The summed E-state index contributed by atoms with van der Waals surface area (Å²) in [4.78, 5) is 31.0. The third kappa shape index (κ3) is 6.97. The molecule has 8 nitrogen and oxygen atoms in total. The number of ether oxygens (including phenoxy) is 3. The zero-order chi connectivity index (χ0) is 29.4. The van der Waals surface area contributed by atoms with Gasteiger partial charge in [0.2, 0.25) is 11.7 Å². The molecule has 3 rings (SSSR count). The summed E-state index contributed by atoms with van der Waals surface area (Å²) in [5.41, 5.74) is 3.88. The molecule has 1 unspecified atom stereocenters. The average Bonchev–Trinajstić information content (AvgIpc) is 3.40. The Morgan fingerprint density at radius 2 is 1.55 bits per heavy atom. The Balaban J connectivity index is 1.86. The standard InChI is InChI=1S/C32H43N3O5/c1-9-24(5)35(20-27-15-12-16-33(27)19-25-14-11-10-13-23(25)4)30(36)21-34(22(2)3)32(37)26-17-28(38-6)31(40-8)29(18-26)39-7/h10-18,22,24H,9,19-21H2,1-8H3. The number of carbonyl (C=O) groups excluding carboxylic acids is 2. The molecule has 2 aromatic carbocycles. The van der Waals surface area contributed by atoms with Crippen LogP contribution in [0.25, 0.3) is 0 Å². The maximum atomic E-state index is 13.8. The lowest BCUT2D eigenvalue weighted by Gasteiger charge is -2.33. The zero-order valence-corrected chi connectivity index (χ0v) is 25.1. The van der Waals surface area contributed by atoms with Crippen LogP contribution >= 0.6 is 0 Å². The molecule has 3 aromatic rings. The Morgan fingerprint density at radius 3 is 2.10 bits per heavy atom. The van der Waals surface area contributed by atoms with Gasteiger partial charge in [-0.3, -0.25) is 9.59 Å². The highest BCUT2D eigenvalue weighted by Gasteiger charge is 2.28. The molecule has 0 saturated heterocycles. The first kappa shape index (κ1) is 30.6. The second-order valence-corrected chi connectivity index (χ2v) is 10.3. The topological polar surface area (TPSA) is 73.2 Å². The van der Waals surface area contributed by atoms with Crippen LogP contribution in [0.3, 0.4) is 0 Å².